The molecule has 3 aromatic carbocycles. The molecule has 0 unspecified atom stereocenters. The Kier molecular flexibility index (Phi) is 8.36. The van der Waals surface area contributed by atoms with Crippen LogP contribution in [0.3, 0.4) is 0 Å². The smallest absolute Gasteiger partial charge is 0.266 e. The number of rotatable bonds is 9. The Hall–Kier alpha value is -4.64. The predicted molar refractivity (Wildman–Crippen MR) is 127 cm³/mol. The molecule has 0 aliphatic rings. The number of nitrogens with one attached hydrogen (secondary N) is 2. The van der Waals surface area contributed by atoms with Crippen LogP contribution in [0.25, 0.3) is 6.08 Å². The van der Waals surface area contributed by atoms with Crippen molar-refractivity contribution in [1.82, 2.24) is 0 Å². The second kappa shape index (κ2) is 11.8. The van der Waals surface area contributed by atoms with Gasteiger partial charge in [0, 0.05) is 11.4 Å². The Bertz CT molecular complexity index is 1220. The number of amides is 2. The Morgan fingerprint density at radius 2 is 1.65 bits per heavy atom. The number of nitriles is 1. The quantitative estimate of drug-likeness (QED) is 0.354. The zero-order valence-electron chi connectivity index (χ0n) is 18.4. The lowest BCUT2D eigenvalue weighted by Gasteiger charge is -2.13. The van der Waals surface area contributed by atoms with Gasteiger partial charge in [-0.3, -0.25) is 9.59 Å². The number of para-hydroxylation sites is 1. The van der Waals surface area contributed by atoms with Gasteiger partial charge >= 0.3 is 0 Å². The summed E-state index contributed by atoms with van der Waals surface area (Å²) < 4.78 is 24.3. The molecule has 8 heteroatoms. The Labute approximate surface area is 196 Å². The second-order valence-electron chi connectivity index (χ2n) is 6.97. The molecule has 34 heavy (non-hydrogen) atoms. The average Bonchev–Trinajstić information content (AvgIpc) is 2.84. The maximum Gasteiger partial charge on any atom is 0.266 e. The third-order valence-corrected chi connectivity index (χ3v) is 4.46. The van der Waals surface area contributed by atoms with Crippen LogP contribution in [0, 0.1) is 17.1 Å². The molecule has 0 bridgehead atoms. The molecule has 0 heterocycles. The van der Waals surface area contributed by atoms with Crippen LogP contribution in [0.2, 0.25) is 0 Å². The van der Waals surface area contributed by atoms with Crippen molar-refractivity contribution in [2.75, 3.05) is 23.8 Å². The first-order valence-corrected chi connectivity index (χ1v) is 10.4. The van der Waals surface area contributed by atoms with Crippen molar-refractivity contribution in [3.63, 3.8) is 0 Å². The molecule has 0 spiro atoms. The number of halogens is 1. The van der Waals surface area contributed by atoms with Gasteiger partial charge < -0.3 is 20.1 Å². The van der Waals surface area contributed by atoms with E-state index in [0.29, 0.717) is 35.0 Å². The fourth-order valence-electron chi connectivity index (χ4n) is 2.91. The number of ether oxygens (including phenoxy) is 2. The summed E-state index contributed by atoms with van der Waals surface area (Å²) in [6, 6.07) is 20.9. The summed E-state index contributed by atoms with van der Waals surface area (Å²) in [4.78, 5) is 24.6. The topological polar surface area (TPSA) is 100 Å². The fourth-order valence-corrected chi connectivity index (χ4v) is 2.91. The minimum atomic E-state index is -0.634. The van der Waals surface area contributed by atoms with Crippen LogP contribution in [-0.2, 0) is 9.59 Å². The molecular formula is C26H22FN3O4. The molecule has 172 valence electrons. The van der Waals surface area contributed by atoms with Crippen molar-refractivity contribution in [1.29, 1.82) is 5.26 Å². The van der Waals surface area contributed by atoms with E-state index in [4.69, 9.17) is 9.47 Å². The summed E-state index contributed by atoms with van der Waals surface area (Å²) in [6.07, 6.45) is 1.40. The first-order valence-electron chi connectivity index (χ1n) is 10.4. The van der Waals surface area contributed by atoms with Gasteiger partial charge in [0.05, 0.1) is 6.61 Å². The lowest BCUT2D eigenvalue weighted by atomic mass is 10.1. The van der Waals surface area contributed by atoms with E-state index in [0.717, 1.165) is 0 Å². The van der Waals surface area contributed by atoms with Gasteiger partial charge in [0.2, 0.25) is 0 Å². The molecule has 0 radical (unpaired) electrons. The molecule has 0 saturated heterocycles. The van der Waals surface area contributed by atoms with Crippen LogP contribution >= 0.6 is 0 Å². The van der Waals surface area contributed by atoms with E-state index in [-0.39, 0.29) is 18.1 Å². The van der Waals surface area contributed by atoms with Gasteiger partial charge in [0.15, 0.2) is 18.1 Å². The molecule has 0 atom stereocenters. The monoisotopic (exact) mass is 459 g/mol. The van der Waals surface area contributed by atoms with Gasteiger partial charge in [-0.25, -0.2) is 4.39 Å². The molecule has 3 rings (SSSR count). The number of anilines is 2. The summed E-state index contributed by atoms with van der Waals surface area (Å²) in [5.41, 5.74) is 1.39. The molecule has 0 aliphatic carbocycles. The zero-order chi connectivity index (χ0) is 24.3. The van der Waals surface area contributed by atoms with Crippen molar-refractivity contribution in [2.45, 2.75) is 6.92 Å². The van der Waals surface area contributed by atoms with Crippen LogP contribution in [0.15, 0.2) is 78.4 Å². The highest BCUT2D eigenvalue weighted by atomic mass is 19.1. The van der Waals surface area contributed by atoms with E-state index in [9.17, 15) is 19.2 Å². The SMILES string of the molecule is CCOc1cc(/C=C(\C#N)C(=O)Nc2ccc(F)cc2)ccc1OCC(=O)Nc1ccccc1. The van der Waals surface area contributed by atoms with Gasteiger partial charge in [0.25, 0.3) is 11.8 Å². The highest BCUT2D eigenvalue weighted by Crippen LogP contribution is 2.29. The fraction of sp³-hybridized carbons (Fsp3) is 0.115. The molecule has 0 aliphatic heterocycles. The van der Waals surface area contributed by atoms with Crippen LogP contribution < -0.4 is 20.1 Å². The minimum Gasteiger partial charge on any atom is -0.490 e. The molecule has 2 amide bonds. The lowest BCUT2D eigenvalue weighted by Crippen LogP contribution is -2.20. The number of hydrogen-bond donors (Lipinski definition) is 2. The normalized spacial score (nSPS) is 10.7. The van der Waals surface area contributed by atoms with Crippen LogP contribution in [-0.4, -0.2) is 25.0 Å². The van der Waals surface area contributed by atoms with E-state index in [1.165, 1.54) is 30.3 Å². The predicted octanol–water partition coefficient (Wildman–Crippen LogP) is 4.79. The maximum atomic E-state index is 13.0. The minimum absolute atomic E-state index is 0.150. The number of benzene rings is 3. The molecular weight excluding hydrogens is 437 g/mol. The molecule has 0 fully saturated rings. The molecule has 2 N–H and O–H groups in total. The van der Waals surface area contributed by atoms with Gasteiger partial charge in [0.1, 0.15) is 17.5 Å². The average molecular weight is 459 g/mol. The van der Waals surface area contributed by atoms with Gasteiger partial charge in [-0.2, -0.15) is 5.26 Å². The van der Waals surface area contributed by atoms with Crippen molar-refractivity contribution < 1.29 is 23.5 Å². The van der Waals surface area contributed by atoms with Crippen molar-refractivity contribution in [3.05, 3.63) is 89.8 Å². The lowest BCUT2D eigenvalue weighted by molar-refractivity contribution is -0.118. The van der Waals surface area contributed by atoms with E-state index in [2.05, 4.69) is 10.6 Å². The highest BCUT2D eigenvalue weighted by molar-refractivity contribution is 6.09. The van der Waals surface area contributed by atoms with Gasteiger partial charge in [-0.1, -0.05) is 24.3 Å². The number of nitrogens with zero attached hydrogens (tertiary/aromatic N) is 1. The van der Waals surface area contributed by atoms with Crippen LogP contribution in [0.5, 0.6) is 11.5 Å². The van der Waals surface area contributed by atoms with Crippen molar-refractivity contribution in [2.24, 2.45) is 0 Å². The zero-order valence-corrected chi connectivity index (χ0v) is 18.4. The summed E-state index contributed by atoms with van der Waals surface area (Å²) in [5, 5.41) is 14.7. The first-order chi connectivity index (χ1) is 16.5. The third kappa shape index (κ3) is 6.93. The van der Waals surface area contributed by atoms with Crippen LogP contribution in [0.1, 0.15) is 12.5 Å². The summed E-state index contributed by atoms with van der Waals surface area (Å²) in [5.74, 6) is -0.694. The van der Waals surface area contributed by atoms with E-state index >= 15 is 0 Å². The van der Waals surface area contributed by atoms with Crippen molar-refractivity contribution >= 4 is 29.3 Å². The number of carbonyl (C=O) groups is 2. The Morgan fingerprint density at radius 1 is 0.941 bits per heavy atom. The molecule has 7 nitrogen and oxygen atoms in total. The Morgan fingerprint density at radius 3 is 2.32 bits per heavy atom. The van der Waals surface area contributed by atoms with E-state index in [1.807, 2.05) is 24.3 Å². The Balaban J connectivity index is 1.70. The third-order valence-electron chi connectivity index (χ3n) is 4.46. The second-order valence-corrected chi connectivity index (χ2v) is 6.97. The van der Waals surface area contributed by atoms with E-state index in [1.54, 1.807) is 37.3 Å². The molecule has 0 aromatic heterocycles. The van der Waals surface area contributed by atoms with Gasteiger partial charge in [-0.15, -0.1) is 0 Å². The molecule has 0 saturated carbocycles. The van der Waals surface area contributed by atoms with Crippen molar-refractivity contribution in [3.8, 4) is 17.6 Å². The van der Waals surface area contributed by atoms with Crippen LogP contribution in [0.4, 0.5) is 15.8 Å². The maximum absolute atomic E-state index is 13.0. The standard InChI is InChI=1S/C26H22FN3O4/c1-2-33-24-15-18(14-19(16-28)26(32)30-22-11-9-20(27)10-12-22)8-13-23(24)34-17-25(31)29-21-6-4-3-5-7-21/h3-15H,2,17H2,1H3,(H,29,31)(H,30,32)/b19-14+. The van der Waals surface area contributed by atoms with E-state index < -0.39 is 11.7 Å². The summed E-state index contributed by atoms with van der Waals surface area (Å²) in [7, 11) is 0. The summed E-state index contributed by atoms with van der Waals surface area (Å²) in [6.45, 7) is 1.91. The highest BCUT2D eigenvalue weighted by Gasteiger charge is 2.13. The first kappa shape index (κ1) is 24.0. The number of carbonyl (C=O) groups excluding carboxylic acids is 2. The molecule has 3 aromatic rings. The summed E-state index contributed by atoms with van der Waals surface area (Å²) >= 11 is 0. The largest absolute Gasteiger partial charge is 0.490 e. The van der Waals surface area contributed by atoms with Gasteiger partial charge in [-0.05, 0) is 67.1 Å². The number of hydrogen-bond acceptors (Lipinski definition) is 5.